The average Bonchev–Trinajstić information content (AvgIpc) is 2.16. The van der Waals surface area contributed by atoms with Crippen molar-refractivity contribution in [2.24, 2.45) is 15.2 Å². The van der Waals surface area contributed by atoms with Crippen LogP contribution in [0.5, 0.6) is 0 Å². The van der Waals surface area contributed by atoms with E-state index in [0.717, 1.165) is 5.70 Å². The van der Waals surface area contributed by atoms with Crippen LogP contribution >= 0.6 is 0 Å². The highest BCUT2D eigenvalue weighted by atomic mass is 15.1. The topological polar surface area (TPSA) is 37.1 Å². The van der Waals surface area contributed by atoms with Crippen molar-refractivity contribution in [2.45, 2.75) is 13.3 Å². The van der Waals surface area contributed by atoms with E-state index >= 15 is 0 Å². The van der Waals surface area contributed by atoms with Crippen molar-refractivity contribution in [3.05, 3.63) is 36.7 Å². The molecule has 3 nitrogen and oxygen atoms in total. The Balaban J connectivity index is 3.92. The lowest BCUT2D eigenvalue weighted by atomic mass is 10.3. The van der Waals surface area contributed by atoms with Crippen molar-refractivity contribution in [3.8, 4) is 0 Å². The zero-order valence-electron chi connectivity index (χ0n) is 8.14. The normalized spacial score (nSPS) is 13.5. The summed E-state index contributed by atoms with van der Waals surface area (Å²) in [5, 5.41) is 7.59. The molecule has 0 rings (SSSR count). The van der Waals surface area contributed by atoms with Gasteiger partial charge >= 0.3 is 0 Å². The lowest BCUT2D eigenvalue weighted by molar-refractivity contribution is 1.05. The highest BCUT2D eigenvalue weighted by molar-refractivity contribution is 5.61. The summed E-state index contributed by atoms with van der Waals surface area (Å²) in [6.45, 7) is 5.46. The zero-order valence-corrected chi connectivity index (χ0v) is 8.14. The minimum absolute atomic E-state index is 0.704. The fourth-order valence-electron chi connectivity index (χ4n) is 0.662. The van der Waals surface area contributed by atoms with Gasteiger partial charge in [0.15, 0.2) is 0 Å². The molecule has 0 spiro atoms. The van der Waals surface area contributed by atoms with E-state index in [0.29, 0.717) is 6.42 Å². The van der Waals surface area contributed by atoms with Crippen LogP contribution in [-0.2, 0) is 0 Å². The molecule has 0 bridgehead atoms. The molecule has 0 aliphatic carbocycles. The lowest BCUT2D eigenvalue weighted by Crippen LogP contribution is -1.78. The summed E-state index contributed by atoms with van der Waals surface area (Å²) in [5.41, 5.74) is 0.915. The Bertz CT molecular complexity index is 247. The second-order valence-electron chi connectivity index (χ2n) is 2.19. The third-order valence-corrected chi connectivity index (χ3v) is 1.28. The maximum absolute atomic E-state index is 4.01. The first-order valence-electron chi connectivity index (χ1n) is 4.09. The lowest BCUT2D eigenvalue weighted by Gasteiger charge is -1.90. The number of hydrogen-bond donors (Lipinski definition) is 0. The molecule has 0 N–H and O–H groups in total. The van der Waals surface area contributed by atoms with Gasteiger partial charge in [0.2, 0.25) is 0 Å². The Kier molecular flexibility index (Phi) is 7.59. The SMILES string of the molecule is C=C/C=C\N=C/CC(=C/C)/N=N\C. The van der Waals surface area contributed by atoms with Gasteiger partial charge in [-0.2, -0.15) is 10.2 Å². The number of rotatable bonds is 5. The average molecular weight is 177 g/mol. The van der Waals surface area contributed by atoms with E-state index < -0.39 is 0 Å². The number of azo groups is 1. The van der Waals surface area contributed by atoms with Crippen molar-refractivity contribution < 1.29 is 0 Å². The van der Waals surface area contributed by atoms with Crippen molar-refractivity contribution in [1.29, 1.82) is 0 Å². The van der Waals surface area contributed by atoms with Gasteiger partial charge in [0.1, 0.15) is 0 Å². The maximum Gasteiger partial charge on any atom is 0.0636 e. The fraction of sp³-hybridized carbons (Fsp3) is 0.300. The highest BCUT2D eigenvalue weighted by Crippen LogP contribution is 2.00. The fourth-order valence-corrected chi connectivity index (χ4v) is 0.662. The number of hydrogen-bond acceptors (Lipinski definition) is 3. The third-order valence-electron chi connectivity index (χ3n) is 1.28. The van der Waals surface area contributed by atoms with E-state index in [1.807, 2.05) is 13.0 Å². The Labute approximate surface area is 79.3 Å². The molecule has 0 saturated carbocycles. The molecule has 0 radical (unpaired) electrons. The molecule has 0 aromatic rings. The Morgan fingerprint density at radius 1 is 1.46 bits per heavy atom. The van der Waals surface area contributed by atoms with Crippen LogP contribution in [0.1, 0.15) is 13.3 Å². The van der Waals surface area contributed by atoms with Gasteiger partial charge in [-0.15, -0.1) is 0 Å². The van der Waals surface area contributed by atoms with E-state index in [2.05, 4.69) is 21.8 Å². The predicted molar refractivity (Wildman–Crippen MR) is 57.0 cm³/mol. The van der Waals surface area contributed by atoms with Crippen molar-refractivity contribution in [1.82, 2.24) is 0 Å². The molecule has 0 fully saturated rings. The first kappa shape index (κ1) is 11.5. The highest BCUT2D eigenvalue weighted by Gasteiger charge is 1.87. The van der Waals surface area contributed by atoms with Gasteiger partial charge < -0.3 is 0 Å². The van der Waals surface area contributed by atoms with Gasteiger partial charge in [0.25, 0.3) is 0 Å². The van der Waals surface area contributed by atoms with E-state index in [9.17, 15) is 0 Å². The third kappa shape index (κ3) is 6.87. The van der Waals surface area contributed by atoms with Gasteiger partial charge in [-0.1, -0.05) is 18.7 Å². The molecule has 0 amide bonds. The summed E-state index contributed by atoms with van der Waals surface area (Å²) < 4.78 is 0. The first-order valence-corrected chi connectivity index (χ1v) is 4.09. The van der Waals surface area contributed by atoms with Crippen LogP contribution in [0.25, 0.3) is 0 Å². The van der Waals surface area contributed by atoms with Crippen LogP contribution in [0.4, 0.5) is 0 Å². The molecule has 0 saturated heterocycles. The molecular weight excluding hydrogens is 162 g/mol. The van der Waals surface area contributed by atoms with Crippen molar-refractivity contribution >= 4 is 6.21 Å². The summed E-state index contributed by atoms with van der Waals surface area (Å²) in [5.74, 6) is 0. The van der Waals surface area contributed by atoms with Gasteiger partial charge in [-0.3, -0.25) is 4.99 Å². The summed E-state index contributed by atoms with van der Waals surface area (Å²) in [6, 6.07) is 0. The minimum Gasteiger partial charge on any atom is -0.269 e. The smallest absolute Gasteiger partial charge is 0.0636 e. The zero-order chi connectivity index (χ0) is 9.94. The van der Waals surface area contributed by atoms with Crippen LogP contribution in [0.3, 0.4) is 0 Å². The van der Waals surface area contributed by atoms with Gasteiger partial charge in [0.05, 0.1) is 5.70 Å². The molecule has 0 unspecified atom stereocenters. The Morgan fingerprint density at radius 2 is 2.23 bits per heavy atom. The molecule has 0 aliphatic heterocycles. The Hall–Kier alpha value is -1.51. The number of allylic oxidation sites excluding steroid dienone is 4. The van der Waals surface area contributed by atoms with Crippen LogP contribution in [0.15, 0.2) is 51.9 Å². The summed E-state index contributed by atoms with van der Waals surface area (Å²) in [7, 11) is 1.65. The molecule has 0 atom stereocenters. The summed E-state index contributed by atoms with van der Waals surface area (Å²) in [6.07, 6.45) is 9.53. The molecule has 70 valence electrons. The number of nitrogens with zero attached hydrogens (tertiary/aromatic N) is 3. The quantitative estimate of drug-likeness (QED) is 0.351. The van der Waals surface area contributed by atoms with E-state index in [1.165, 1.54) is 0 Å². The molecule has 0 aromatic heterocycles. The monoisotopic (exact) mass is 177 g/mol. The predicted octanol–water partition coefficient (Wildman–Crippen LogP) is 3.13. The van der Waals surface area contributed by atoms with Gasteiger partial charge in [0, 0.05) is 25.9 Å². The minimum atomic E-state index is 0.704. The van der Waals surface area contributed by atoms with Crippen LogP contribution in [0, 0.1) is 0 Å². The van der Waals surface area contributed by atoms with Gasteiger partial charge in [-0.05, 0) is 13.0 Å². The van der Waals surface area contributed by atoms with E-state index in [1.54, 1.807) is 31.6 Å². The molecule has 3 heteroatoms. The second kappa shape index (κ2) is 8.59. The second-order valence-corrected chi connectivity index (χ2v) is 2.19. The Morgan fingerprint density at radius 3 is 2.77 bits per heavy atom. The summed E-state index contributed by atoms with van der Waals surface area (Å²) >= 11 is 0. The van der Waals surface area contributed by atoms with E-state index in [-0.39, 0.29) is 0 Å². The summed E-state index contributed by atoms with van der Waals surface area (Å²) in [4.78, 5) is 4.01. The van der Waals surface area contributed by atoms with Crippen LogP contribution < -0.4 is 0 Å². The van der Waals surface area contributed by atoms with Crippen LogP contribution in [-0.4, -0.2) is 13.3 Å². The van der Waals surface area contributed by atoms with Gasteiger partial charge in [-0.25, -0.2) is 0 Å². The van der Waals surface area contributed by atoms with E-state index in [4.69, 9.17) is 0 Å². The molecule has 13 heavy (non-hydrogen) atoms. The standard InChI is InChI=1S/C10H15N3/c1-4-6-8-12-9-7-10(5-2)13-11-3/h4-6,8-9H,1,7H2,2-3H3/b8-6-,10-5-,12-9-,13-11-. The largest absolute Gasteiger partial charge is 0.269 e. The molecular formula is C10H15N3. The van der Waals surface area contributed by atoms with Crippen LogP contribution in [0.2, 0.25) is 0 Å². The number of aliphatic imine (C=N–C) groups is 1. The van der Waals surface area contributed by atoms with Crippen molar-refractivity contribution in [2.75, 3.05) is 7.05 Å². The van der Waals surface area contributed by atoms with Crippen molar-refractivity contribution in [3.63, 3.8) is 0 Å². The maximum atomic E-state index is 4.01. The molecule has 0 aliphatic rings. The first-order chi connectivity index (χ1) is 6.35. The molecule has 0 aromatic carbocycles. The molecule has 0 heterocycles.